The number of anilines is 1. The number of rotatable bonds is 6. The minimum absolute atomic E-state index is 0.322. The topological polar surface area (TPSA) is 106 Å². The number of amides is 2. The molecule has 0 spiro atoms. The van der Waals surface area contributed by atoms with E-state index < -0.39 is 17.8 Å². The number of methoxy groups -OCH3 is 1. The zero-order chi connectivity index (χ0) is 22.9. The van der Waals surface area contributed by atoms with Crippen molar-refractivity contribution in [2.24, 2.45) is 5.10 Å². The van der Waals surface area contributed by atoms with E-state index in [4.69, 9.17) is 9.47 Å². The summed E-state index contributed by atoms with van der Waals surface area (Å²) in [5.41, 5.74) is 4.63. The lowest BCUT2D eigenvalue weighted by Crippen LogP contribution is -2.32. The molecule has 0 atom stereocenters. The zero-order valence-electron chi connectivity index (χ0n) is 17.5. The quantitative estimate of drug-likeness (QED) is 0.205. The molecule has 32 heavy (non-hydrogen) atoms. The second kappa shape index (κ2) is 10.5. The molecule has 8 nitrogen and oxygen atoms in total. The maximum Gasteiger partial charge on any atom is 0.343 e. The standard InChI is InChI=1S/C24H21N3O5/c1-16-6-8-18(9-7-16)24(30)32-21-5-3-4-17(14-21)15-25-27-23(29)22(28)26-19-10-12-20(31-2)13-11-19/h3-15H,1-2H3,(H,26,28)(H,27,29). The van der Waals surface area contributed by atoms with Gasteiger partial charge in [-0.2, -0.15) is 5.10 Å². The van der Waals surface area contributed by atoms with Crippen molar-refractivity contribution >= 4 is 29.7 Å². The predicted molar refractivity (Wildman–Crippen MR) is 120 cm³/mol. The Bertz CT molecular complexity index is 1140. The van der Waals surface area contributed by atoms with Crippen molar-refractivity contribution in [1.29, 1.82) is 0 Å². The normalized spacial score (nSPS) is 10.4. The van der Waals surface area contributed by atoms with E-state index in [0.29, 0.717) is 28.3 Å². The molecule has 0 aliphatic rings. The van der Waals surface area contributed by atoms with Gasteiger partial charge in [0, 0.05) is 5.69 Å². The Morgan fingerprint density at radius 1 is 0.875 bits per heavy atom. The highest BCUT2D eigenvalue weighted by Crippen LogP contribution is 2.16. The first-order valence-electron chi connectivity index (χ1n) is 9.62. The lowest BCUT2D eigenvalue weighted by Gasteiger charge is -2.06. The van der Waals surface area contributed by atoms with Crippen LogP contribution in [0.4, 0.5) is 5.69 Å². The summed E-state index contributed by atoms with van der Waals surface area (Å²) in [6.07, 6.45) is 1.34. The highest BCUT2D eigenvalue weighted by atomic mass is 16.5. The molecule has 0 saturated heterocycles. The van der Waals surface area contributed by atoms with Crippen LogP contribution in [0.1, 0.15) is 21.5 Å². The van der Waals surface area contributed by atoms with Crippen molar-refractivity contribution in [3.05, 3.63) is 89.5 Å². The average molecular weight is 431 g/mol. The Balaban J connectivity index is 1.54. The molecular weight excluding hydrogens is 410 g/mol. The first-order chi connectivity index (χ1) is 15.4. The van der Waals surface area contributed by atoms with Gasteiger partial charge in [0.2, 0.25) is 0 Å². The SMILES string of the molecule is COc1ccc(NC(=O)C(=O)NN=Cc2cccc(OC(=O)c3ccc(C)cc3)c2)cc1. The molecule has 0 fully saturated rings. The molecule has 3 aromatic carbocycles. The van der Waals surface area contributed by atoms with Gasteiger partial charge in [-0.3, -0.25) is 9.59 Å². The smallest absolute Gasteiger partial charge is 0.343 e. The maximum atomic E-state index is 12.2. The van der Waals surface area contributed by atoms with Crippen LogP contribution in [-0.2, 0) is 9.59 Å². The van der Waals surface area contributed by atoms with Crippen LogP contribution >= 0.6 is 0 Å². The van der Waals surface area contributed by atoms with Gasteiger partial charge in [0.15, 0.2) is 0 Å². The Labute approximate surface area is 184 Å². The molecule has 2 N–H and O–H groups in total. The number of hydrogen-bond acceptors (Lipinski definition) is 6. The third-order valence-corrected chi connectivity index (χ3v) is 4.29. The Morgan fingerprint density at radius 2 is 1.59 bits per heavy atom. The molecule has 0 heterocycles. The number of benzene rings is 3. The molecule has 3 rings (SSSR count). The van der Waals surface area contributed by atoms with Crippen LogP contribution in [0, 0.1) is 6.92 Å². The molecule has 0 saturated carbocycles. The molecule has 0 aromatic heterocycles. The van der Waals surface area contributed by atoms with E-state index >= 15 is 0 Å². The van der Waals surface area contributed by atoms with Crippen molar-refractivity contribution in [1.82, 2.24) is 5.43 Å². The summed E-state index contributed by atoms with van der Waals surface area (Å²) in [6.45, 7) is 1.93. The highest BCUT2D eigenvalue weighted by Gasteiger charge is 2.13. The van der Waals surface area contributed by atoms with Gasteiger partial charge < -0.3 is 14.8 Å². The number of carbonyl (C=O) groups excluding carboxylic acids is 3. The Morgan fingerprint density at radius 3 is 2.28 bits per heavy atom. The minimum atomic E-state index is -0.931. The first-order valence-corrected chi connectivity index (χ1v) is 9.62. The zero-order valence-corrected chi connectivity index (χ0v) is 17.5. The number of hydrogen-bond donors (Lipinski definition) is 2. The number of ether oxygens (including phenoxy) is 2. The number of nitrogens with one attached hydrogen (secondary N) is 2. The minimum Gasteiger partial charge on any atom is -0.497 e. The summed E-state index contributed by atoms with van der Waals surface area (Å²) >= 11 is 0. The molecule has 8 heteroatoms. The van der Waals surface area contributed by atoms with Crippen LogP contribution in [0.15, 0.2) is 77.9 Å². The van der Waals surface area contributed by atoms with Gasteiger partial charge in [0.05, 0.1) is 18.9 Å². The lowest BCUT2D eigenvalue weighted by atomic mass is 10.1. The van der Waals surface area contributed by atoms with E-state index in [9.17, 15) is 14.4 Å². The third-order valence-electron chi connectivity index (χ3n) is 4.29. The van der Waals surface area contributed by atoms with Crippen LogP contribution in [0.2, 0.25) is 0 Å². The predicted octanol–water partition coefficient (Wildman–Crippen LogP) is 3.31. The van der Waals surface area contributed by atoms with Crippen LogP contribution in [-0.4, -0.2) is 31.1 Å². The summed E-state index contributed by atoms with van der Waals surface area (Å²) in [5.74, 6) is -1.33. The molecule has 0 bridgehead atoms. The van der Waals surface area contributed by atoms with Gasteiger partial charge in [0.1, 0.15) is 11.5 Å². The molecule has 0 unspecified atom stereocenters. The van der Waals surface area contributed by atoms with Gasteiger partial charge in [-0.05, 0) is 61.0 Å². The fourth-order valence-corrected chi connectivity index (χ4v) is 2.59. The van der Waals surface area contributed by atoms with Gasteiger partial charge in [-0.1, -0.05) is 29.8 Å². The summed E-state index contributed by atoms with van der Waals surface area (Å²) < 4.78 is 10.4. The fourth-order valence-electron chi connectivity index (χ4n) is 2.59. The van der Waals surface area contributed by atoms with Crippen LogP contribution in [0.5, 0.6) is 11.5 Å². The van der Waals surface area contributed by atoms with Gasteiger partial charge in [0.25, 0.3) is 0 Å². The molecule has 2 amide bonds. The largest absolute Gasteiger partial charge is 0.497 e. The molecular formula is C24H21N3O5. The Hall–Kier alpha value is -4.46. The first kappa shape index (κ1) is 22.2. The molecule has 3 aromatic rings. The van der Waals surface area contributed by atoms with Crippen molar-refractivity contribution in [3.63, 3.8) is 0 Å². The molecule has 0 aliphatic carbocycles. The average Bonchev–Trinajstić information content (AvgIpc) is 2.80. The Kier molecular flexibility index (Phi) is 7.32. The highest BCUT2D eigenvalue weighted by molar-refractivity contribution is 6.39. The van der Waals surface area contributed by atoms with Gasteiger partial charge >= 0.3 is 17.8 Å². The number of carbonyl (C=O) groups is 3. The summed E-state index contributed by atoms with van der Waals surface area (Å²) in [7, 11) is 1.53. The third kappa shape index (κ3) is 6.27. The van der Waals surface area contributed by atoms with E-state index in [0.717, 1.165) is 5.56 Å². The second-order valence-electron chi connectivity index (χ2n) is 6.71. The van der Waals surface area contributed by atoms with Crippen molar-refractivity contribution in [3.8, 4) is 11.5 Å². The van der Waals surface area contributed by atoms with Crippen LogP contribution in [0.25, 0.3) is 0 Å². The van der Waals surface area contributed by atoms with Crippen LogP contribution < -0.4 is 20.2 Å². The van der Waals surface area contributed by atoms with E-state index in [1.165, 1.54) is 13.3 Å². The van der Waals surface area contributed by atoms with E-state index in [2.05, 4.69) is 15.8 Å². The number of esters is 1. The number of hydrazone groups is 1. The summed E-state index contributed by atoms with van der Waals surface area (Å²) in [6, 6.07) is 20.2. The summed E-state index contributed by atoms with van der Waals surface area (Å²) in [5, 5.41) is 6.23. The van der Waals surface area contributed by atoms with Gasteiger partial charge in [-0.25, -0.2) is 10.2 Å². The van der Waals surface area contributed by atoms with Crippen LogP contribution in [0.3, 0.4) is 0 Å². The van der Waals surface area contributed by atoms with E-state index in [-0.39, 0.29) is 0 Å². The van der Waals surface area contributed by atoms with Gasteiger partial charge in [-0.15, -0.1) is 0 Å². The molecule has 0 radical (unpaired) electrons. The van der Waals surface area contributed by atoms with Crippen molar-refractivity contribution in [2.45, 2.75) is 6.92 Å². The molecule has 162 valence electrons. The fraction of sp³-hybridized carbons (Fsp3) is 0.0833. The number of nitrogens with zero attached hydrogens (tertiary/aromatic N) is 1. The number of aryl methyl sites for hydroxylation is 1. The molecule has 0 aliphatic heterocycles. The van der Waals surface area contributed by atoms with E-state index in [1.807, 2.05) is 19.1 Å². The summed E-state index contributed by atoms with van der Waals surface area (Å²) in [4.78, 5) is 36.1. The maximum absolute atomic E-state index is 12.2. The van der Waals surface area contributed by atoms with Crippen molar-refractivity contribution in [2.75, 3.05) is 12.4 Å². The van der Waals surface area contributed by atoms with E-state index in [1.54, 1.807) is 60.7 Å². The lowest BCUT2D eigenvalue weighted by molar-refractivity contribution is -0.136. The second-order valence-corrected chi connectivity index (χ2v) is 6.71. The monoisotopic (exact) mass is 431 g/mol. The van der Waals surface area contributed by atoms with Crippen molar-refractivity contribution < 1.29 is 23.9 Å².